The summed E-state index contributed by atoms with van der Waals surface area (Å²) in [5, 5.41) is 4.12. The molecule has 1 fully saturated rings. The summed E-state index contributed by atoms with van der Waals surface area (Å²) in [5.41, 5.74) is 7.03. The molecule has 0 aromatic carbocycles. The highest BCUT2D eigenvalue weighted by molar-refractivity contribution is 8.93. The fourth-order valence-electron chi connectivity index (χ4n) is 1.58. The lowest BCUT2D eigenvalue weighted by Crippen LogP contribution is -2.34. The van der Waals surface area contributed by atoms with Crippen LogP contribution in [-0.2, 0) is 7.05 Å². The van der Waals surface area contributed by atoms with Gasteiger partial charge >= 0.3 is 0 Å². The molecule has 0 amide bonds. The zero-order valence-corrected chi connectivity index (χ0v) is 8.82. The number of hydrogen-bond donors (Lipinski definition) is 1. The van der Waals surface area contributed by atoms with Gasteiger partial charge in [-0.1, -0.05) is 0 Å². The highest BCUT2D eigenvalue weighted by Crippen LogP contribution is 2.34. The molecule has 1 aromatic heterocycles. The van der Waals surface area contributed by atoms with E-state index in [0.29, 0.717) is 12.0 Å². The molecule has 2 N–H and O–H groups in total. The number of aryl methyl sites for hydroxylation is 1. The second-order valence-corrected chi connectivity index (χ2v) is 3.38. The summed E-state index contributed by atoms with van der Waals surface area (Å²) in [5.74, 6) is 0.679. The van der Waals surface area contributed by atoms with E-state index < -0.39 is 0 Å². The van der Waals surface area contributed by atoms with E-state index in [1.165, 1.54) is 5.56 Å². The van der Waals surface area contributed by atoms with Crippen LogP contribution in [0.2, 0.25) is 0 Å². The molecule has 1 aliphatic rings. The van der Waals surface area contributed by atoms with E-state index in [0.717, 1.165) is 12.8 Å². The van der Waals surface area contributed by atoms with Crippen LogP contribution in [0.3, 0.4) is 0 Å². The summed E-state index contributed by atoms with van der Waals surface area (Å²) in [4.78, 5) is 0. The van der Waals surface area contributed by atoms with Gasteiger partial charge < -0.3 is 5.73 Å². The SMILES string of the molecule is Br.Cn1cc(C2CC(N)C2)cn1. The van der Waals surface area contributed by atoms with Crippen molar-refractivity contribution in [2.75, 3.05) is 0 Å². The molecule has 0 bridgehead atoms. The molecule has 0 unspecified atom stereocenters. The van der Waals surface area contributed by atoms with Gasteiger partial charge in [0.1, 0.15) is 0 Å². The molecule has 0 saturated heterocycles. The molecule has 2 rings (SSSR count). The van der Waals surface area contributed by atoms with Crippen LogP contribution in [0.4, 0.5) is 0 Å². The minimum atomic E-state index is 0. The fraction of sp³-hybridized carbons (Fsp3) is 0.625. The molecule has 1 aromatic rings. The van der Waals surface area contributed by atoms with E-state index in [1.807, 2.05) is 17.9 Å². The summed E-state index contributed by atoms with van der Waals surface area (Å²) in [6.45, 7) is 0. The molecule has 0 atom stereocenters. The third kappa shape index (κ3) is 1.69. The topological polar surface area (TPSA) is 43.8 Å². The second kappa shape index (κ2) is 3.58. The van der Waals surface area contributed by atoms with Crippen molar-refractivity contribution in [1.29, 1.82) is 0 Å². The van der Waals surface area contributed by atoms with Gasteiger partial charge in [-0.05, 0) is 24.3 Å². The summed E-state index contributed by atoms with van der Waals surface area (Å²) >= 11 is 0. The Morgan fingerprint density at radius 1 is 1.58 bits per heavy atom. The van der Waals surface area contributed by atoms with Gasteiger partial charge in [-0.25, -0.2) is 0 Å². The Labute approximate surface area is 82.7 Å². The number of aromatic nitrogens is 2. The zero-order chi connectivity index (χ0) is 7.84. The van der Waals surface area contributed by atoms with Crippen molar-refractivity contribution >= 4 is 17.0 Å². The number of nitrogens with zero attached hydrogens (tertiary/aromatic N) is 2. The van der Waals surface area contributed by atoms with Crippen LogP contribution < -0.4 is 5.73 Å². The Kier molecular flexibility index (Phi) is 2.90. The lowest BCUT2D eigenvalue weighted by molar-refractivity contribution is 0.351. The van der Waals surface area contributed by atoms with Crippen molar-refractivity contribution in [3.05, 3.63) is 18.0 Å². The van der Waals surface area contributed by atoms with Gasteiger partial charge in [0.25, 0.3) is 0 Å². The van der Waals surface area contributed by atoms with Gasteiger partial charge in [-0.2, -0.15) is 5.10 Å². The van der Waals surface area contributed by atoms with Crippen molar-refractivity contribution in [1.82, 2.24) is 9.78 Å². The molecule has 4 heteroatoms. The Hall–Kier alpha value is -0.350. The standard InChI is InChI=1S/C8H13N3.BrH/c1-11-5-7(4-10-11)6-2-8(9)3-6;/h4-6,8H,2-3,9H2,1H3;1H. The first-order valence-corrected chi connectivity index (χ1v) is 4.00. The Morgan fingerprint density at radius 3 is 2.67 bits per heavy atom. The normalized spacial score (nSPS) is 27.5. The number of nitrogens with two attached hydrogens (primary N) is 1. The molecule has 3 nitrogen and oxygen atoms in total. The first-order chi connectivity index (χ1) is 5.25. The average molecular weight is 232 g/mol. The van der Waals surface area contributed by atoms with Crippen LogP contribution in [0.1, 0.15) is 24.3 Å². The lowest BCUT2D eigenvalue weighted by Gasteiger charge is -2.31. The van der Waals surface area contributed by atoms with E-state index in [1.54, 1.807) is 0 Å². The van der Waals surface area contributed by atoms with Gasteiger partial charge in [0.2, 0.25) is 0 Å². The molecule has 1 heterocycles. The van der Waals surface area contributed by atoms with Gasteiger partial charge in [-0.15, -0.1) is 17.0 Å². The quantitative estimate of drug-likeness (QED) is 0.790. The first-order valence-electron chi connectivity index (χ1n) is 4.00. The van der Waals surface area contributed by atoms with Crippen LogP contribution in [-0.4, -0.2) is 15.8 Å². The van der Waals surface area contributed by atoms with E-state index in [-0.39, 0.29) is 17.0 Å². The van der Waals surface area contributed by atoms with Crippen LogP contribution in [0.15, 0.2) is 12.4 Å². The number of halogens is 1. The van der Waals surface area contributed by atoms with E-state index in [9.17, 15) is 0 Å². The number of rotatable bonds is 1. The Balaban J connectivity index is 0.000000720. The molecule has 0 aliphatic heterocycles. The summed E-state index contributed by atoms with van der Waals surface area (Å²) in [7, 11) is 1.95. The van der Waals surface area contributed by atoms with Gasteiger partial charge in [0.15, 0.2) is 0 Å². The van der Waals surface area contributed by atoms with Crippen LogP contribution in [0, 0.1) is 0 Å². The largest absolute Gasteiger partial charge is 0.328 e. The molecule has 1 saturated carbocycles. The van der Waals surface area contributed by atoms with Crippen LogP contribution in [0.5, 0.6) is 0 Å². The number of hydrogen-bond acceptors (Lipinski definition) is 2. The maximum Gasteiger partial charge on any atom is 0.0524 e. The molecule has 12 heavy (non-hydrogen) atoms. The smallest absolute Gasteiger partial charge is 0.0524 e. The van der Waals surface area contributed by atoms with E-state index >= 15 is 0 Å². The summed E-state index contributed by atoms with van der Waals surface area (Å²) < 4.78 is 1.85. The van der Waals surface area contributed by atoms with Gasteiger partial charge in [0.05, 0.1) is 6.20 Å². The lowest BCUT2D eigenvalue weighted by atomic mass is 9.77. The fourth-order valence-corrected chi connectivity index (χ4v) is 1.58. The van der Waals surface area contributed by atoms with Crippen molar-refractivity contribution < 1.29 is 0 Å². The monoisotopic (exact) mass is 231 g/mol. The van der Waals surface area contributed by atoms with Crippen LogP contribution in [0.25, 0.3) is 0 Å². The summed E-state index contributed by atoms with van der Waals surface area (Å²) in [6.07, 6.45) is 6.28. The maximum absolute atomic E-state index is 5.69. The molecule has 0 radical (unpaired) electrons. The molecular weight excluding hydrogens is 218 g/mol. The molecule has 1 aliphatic carbocycles. The third-order valence-electron chi connectivity index (χ3n) is 2.37. The van der Waals surface area contributed by atoms with Gasteiger partial charge in [0, 0.05) is 19.3 Å². The zero-order valence-electron chi connectivity index (χ0n) is 7.10. The van der Waals surface area contributed by atoms with Crippen LogP contribution >= 0.6 is 17.0 Å². The predicted molar refractivity (Wildman–Crippen MR) is 53.5 cm³/mol. The molecule has 0 spiro atoms. The Bertz CT molecular complexity index is 253. The summed E-state index contributed by atoms with van der Waals surface area (Å²) in [6, 6.07) is 0.431. The second-order valence-electron chi connectivity index (χ2n) is 3.38. The predicted octanol–water partition coefficient (Wildman–Crippen LogP) is 1.20. The van der Waals surface area contributed by atoms with Crippen molar-refractivity contribution in [3.63, 3.8) is 0 Å². The average Bonchev–Trinajstić information content (AvgIpc) is 2.29. The van der Waals surface area contributed by atoms with Crippen molar-refractivity contribution in [2.45, 2.75) is 24.8 Å². The minimum absolute atomic E-state index is 0. The van der Waals surface area contributed by atoms with E-state index in [2.05, 4.69) is 11.3 Å². The minimum Gasteiger partial charge on any atom is -0.328 e. The first kappa shape index (κ1) is 9.74. The van der Waals surface area contributed by atoms with Crippen molar-refractivity contribution in [2.24, 2.45) is 12.8 Å². The Morgan fingerprint density at radius 2 is 2.25 bits per heavy atom. The highest BCUT2D eigenvalue weighted by Gasteiger charge is 2.27. The molecular formula is C8H14BrN3. The highest BCUT2D eigenvalue weighted by atomic mass is 79.9. The maximum atomic E-state index is 5.69. The third-order valence-corrected chi connectivity index (χ3v) is 2.37. The molecule has 68 valence electrons. The van der Waals surface area contributed by atoms with Gasteiger partial charge in [-0.3, -0.25) is 4.68 Å². The van der Waals surface area contributed by atoms with Crippen molar-refractivity contribution in [3.8, 4) is 0 Å². The van der Waals surface area contributed by atoms with E-state index in [4.69, 9.17) is 5.73 Å².